The molecule has 2 saturated heterocycles. The van der Waals surface area contributed by atoms with E-state index in [0.29, 0.717) is 38.8 Å². The molecule has 4 aromatic carbocycles. The first-order chi connectivity index (χ1) is 24.4. The fraction of sp³-hybridized carbons (Fsp3) is 0.425. The molecule has 2 unspecified atom stereocenters. The SMILES string of the molecule is CN(C[C@@H](CCN1CCC(c2ccccc2[S@+](C)[O-])CC1N1CCCCC1)c1ccc(Cl)c(Cl)c1)C(=O)c1cc(S(C)(=O)=O)cc2ccccc12. The number of carbonyl (C=O) groups is 1. The zero-order valence-corrected chi connectivity index (χ0v) is 32.7. The molecule has 2 aliphatic rings. The molecule has 11 heteroatoms. The number of halogens is 2. The summed E-state index contributed by atoms with van der Waals surface area (Å²) in [6.45, 7) is 4.31. The maximum atomic E-state index is 14.2. The molecule has 7 nitrogen and oxygen atoms in total. The molecule has 4 aromatic rings. The number of sulfone groups is 1. The molecule has 0 N–H and O–H groups in total. The predicted molar refractivity (Wildman–Crippen MR) is 209 cm³/mol. The minimum Gasteiger partial charge on any atom is -0.612 e. The van der Waals surface area contributed by atoms with Crippen molar-refractivity contribution in [1.82, 2.24) is 14.7 Å². The van der Waals surface area contributed by atoms with Crippen molar-refractivity contribution >= 4 is 60.9 Å². The third-order valence-electron chi connectivity index (χ3n) is 10.7. The van der Waals surface area contributed by atoms with Crippen LogP contribution in [0.2, 0.25) is 10.0 Å². The Morgan fingerprint density at radius 3 is 2.41 bits per heavy atom. The van der Waals surface area contributed by atoms with Gasteiger partial charge < -0.3 is 9.45 Å². The standard InChI is InChI=1S/C40H47Cl2N3O4S2/c1-43(40(46)35-26-32(51(3,48)49)23-29-11-5-6-12-33(29)35)27-31(28-15-16-36(41)37(42)24-28)18-22-45-21-17-30(25-39(45)44-19-9-4-10-20-44)34-13-7-8-14-38(34)50(2)47/h5-8,11-16,23-24,26,30-31,39H,4,9-10,17-22,25,27H2,1-3H3/t30?,31-,39?,50+/m1/s1. The molecule has 51 heavy (non-hydrogen) atoms. The van der Waals surface area contributed by atoms with Gasteiger partial charge in [0.05, 0.1) is 21.1 Å². The van der Waals surface area contributed by atoms with Crippen LogP contribution in [0.25, 0.3) is 10.8 Å². The lowest BCUT2D eigenvalue weighted by Crippen LogP contribution is -2.54. The number of fused-ring (bicyclic) bond motifs is 1. The van der Waals surface area contributed by atoms with E-state index >= 15 is 0 Å². The third kappa shape index (κ3) is 8.95. The van der Waals surface area contributed by atoms with Gasteiger partial charge in [-0.3, -0.25) is 14.6 Å². The van der Waals surface area contributed by atoms with Gasteiger partial charge in [0.15, 0.2) is 14.7 Å². The van der Waals surface area contributed by atoms with E-state index in [1.165, 1.54) is 37.1 Å². The number of nitrogens with zero attached hydrogens (tertiary/aromatic N) is 3. The average molecular weight is 769 g/mol. The number of hydrogen-bond acceptors (Lipinski definition) is 6. The molecular formula is C40H47Cl2N3O4S2. The number of benzene rings is 4. The third-order valence-corrected chi connectivity index (χ3v) is 13.5. The van der Waals surface area contributed by atoms with Crippen LogP contribution in [0.3, 0.4) is 0 Å². The number of rotatable bonds is 11. The summed E-state index contributed by atoms with van der Waals surface area (Å²) in [6, 6.07) is 24.5. The molecule has 1 amide bonds. The van der Waals surface area contributed by atoms with Crippen molar-refractivity contribution < 1.29 is 17.8 Å². The van der Waals surface area contributed by atoms with Crippen molar-refractivity contribution in [2.24, 2.45) is 0 Å². The monoisotopic (exact) mass is 767 g/mol. The summed E-state index contributed by atoms with van der Waals surface area (Å²) in [6.07, 6.45) is 9.59. The topological polar surface area (TPSA) is 84.0 Å². The largest absolute Gasteiger partial charge is 0.612 e. The lowest BCUT2D eigenvalue weighted by atomic mass is 9.86. The van der Waals surface area contributed by atoms with Gasteiger partial charge in [0, 0.05) is 50.0 Å². The fourth-order valence-electron chi connectivity index (χ4n) is 7.96. The van der Waals surface area contributed by atoms with Gasteiger partial charge in [-0.2, -0.15) is 0 Å². The molecule has 2 aliphatic heterocycles. The summed E-state index contributed by atoms with van der Waals surface area (Å²) >= 11 is 11.9. The fourth-order valence-corrected chi connectivity index (χ4v) is 9.77. The zero-order valence-electron chi connectivity index (χ0n) is 29.6. The van der Waals surface area contributed by atoms with Crippen LogP contribution >= 0.6 is 23.2 Å². The van der Waals surface area contributed by atoms with Gasteiger partial charge in [-0.15, -0.1) is 0 Å². The lowest BCUT2D eigenvalue weighted by molar-refractivity contribution is -0.00614. The molecule has 0 spiro atoms. The highest BCUT2D eigenvalue weighted by Gasteiger charge is 2.36. The Kier molecular flexibility index (Phi) is 12.4. The van der Waals surface area contributed by atoms with Gasteiger partial charge in [-0.25, -0.2) is 8.42 Å². The van der Waals surface area contributed by atoms with Crippen LogP contribution in [0.1, 0.15) is 71.8 Å². The molecule has 6 rings (SSSR count). The first-order valence-electron chi connectivity index (χ1n) is 17.7. The molecular weight excluding hydrogens is 721 g/mol. The predicted octanol–water partition coefficient (Wildman–Crippen LogP) is 8.23. The number of hydrogen-bond donors (Lipinski definition) is 0. The Bertz CT molecular complexity index is 1970. The van der Waals surface area contributed by atoms with E-state index in [0.717, 1.165) is 55.9 Å². The van der Waals surface area contributed by atoms with Crippen LogP contribution in [-0.2, 0) is 21.0 Å². The van der Waals surface area contributed by atoms with Crippen LogP contribution in [0, 0.1) is 0 Å². The molecule has 4 atom stereocenters. The molecule has 0 radical (unpaired) electrons. The van der Waals surface area contributed by atoms with E-state index in [9.17, 15) is 17.8 Å². The van der Waals surface area contributed by atoms with Gasteiger partial charge >= 0.3 is 0 Å². The van der Waals surface area contributed by atoms with E-state index in [-0.39, 0.29) is 22.9 Å². The van der Waals surface area contributed by atoms with E-state index < -0.39 is 21.0 Å². The minimum absolute atomic E-state index is 0.0546. The van der Waals surface area contributed by atoms with Crippen LogP contribution in [-0.4, -0.2) is 92.0 Å². The molecule has 272 valence electrons. The Labute approximate surface area is 316 Å². The van der Waals surface area contributed by atoms with Crippen molar-refractivity contribution in [3.05, 3.63) is 106 Å². The first-order valence-corrected chi connectivity index (χ1v) is 21.9. The van der Waals surface area contributed by atoms with Crippen molar-refractivity contribution in [3.8, 4) is 0 Å². The Balaban J connectivity index is 1.26. The van der Waals surface area contributed by atoms with Crippen molar-refractivity contribution in [3.63, 3.8) is 0 Å². The summed E-state index contributed by atoms with van der Waals surface area (Å²) in [5.74, 6) is 0.0437. The second kappa shape index (κ2) is 16.6. The van der Waals surface area contributed by atoms with Crippen LogP contribution in [0.5, 0.6) is 0 Å². The molecule has 0 saturated carbocycles. The van der Waals surface area contributed by atoms with E-state index in [4.69, 9.17) is 23.2 Å². The summed E-state index contributed by atoms with van der Waals surface area (Å²) in [4.78, 5) is 22.2. The Morgan fingerprint density at radius 2 is 1.69 bits per heavy atom. The zero-order chi connectivity index (χ0) is 36.3. The highest BCUT2D eigenvalue weighted by Crippen LogP contribution is 2.38. The number of likely N-dealkylation sites (N-methyl/N-ethyl adjacent to an activating group) is 1. The van der Waals surface area contributed by atoms with Crippen molar-refractivity contribution in [1.29, 1.82) is 0 Å². The van der Waals surface area contributed by atoms with E-state index in [1.807, 2.05) is 54.6 Å². The second-order valence-corrected chi connectivity index (χ2v) is 18.3. The normalized spacial score (nSPS) is 20.3. The summed E-state index contributed by atoms with van der Waals surface area (Å²) in [5.41, 5.74) is 2.58. The maximum Gasteiger partial charge on any atom is 0.254 e. The number of piperidine rings is 2. The molecule has 2 fully saturated rings. The number of likely N-dealkylation sites (tertiary alicyclic amines) is 2. The van der Waals surface area contributed by atoms with E-state index in [2.05, 4.69) is 21.9 Å². The van der Waals surface area contributed by atoms with Gasteiger partial charge in [-0.05, 0) is 109 Å². The Hall–Kier alpha value is -2.63. The molecule has 0 aliphatic carbocycles. The first kappa shape index (κ1) is 38.1. The van der Waals surface area contributed by atoms with Crippen LogP contribution in [0.4, 0.5) is 0 Å². The quantitative estimate of drug-likeness (QED) is 0.143. The highest BCUT2D eigenvalue weighted by atomic mass is 35.5. The second-order valence-electron chi connectivity index (χ2n) is 14.1. The lowest BCUT2D eigenvalue weighted by Gasteiger charge is -2.47. The molecule has 0 bridgehead atoms. The highest BCUT2D eigenvalue weighted by molar-refractivity contribution is 7.91. The molecule has 0 aromatic heterocycles. The summed E-state index contributed by atoms with van der Waals surface area (Å²) < 4.78 is 37.9. The molecule has 2 heterocycles. The van der Waals surface area contributed by atoms with Crippen molar-refractivity contribution in [2.75, 3.05) is 52.3 Å². The number of amides is 1. The smallest absolute Gasteiger partial charge is 0.254 e. The van der Waals surface area contributed by atoms with Crippen LogP contribution in [0.15, 0.2) is 88.7 Å². The average Bonchev–Trinajstić information content (AvgIpc) is 3.13. The summed E-state index contributed by atoms with van der Waals surface area (Å²) in [7, 11) is -1.75. The van der Waals surface area contributed by atoms with Crippen LogP contribution < -0.4 is 0 Å². The van der Waals surface area contributed by atoms with Gasteiger partial charge in [0.25, 0.3) is 5.91 Å². The van der Waals surface area contributed by atoms with Gasteiger partial charge in [0.1, 0.15) is 6.26 Å². The van der Waals surface area contributed by atoms with E-state index in [1.54, 1.807) is 24.3 Å². The minimum atomic E-state index is -3.54. The summed E-state index contributed by atoms with van der Waals surface area (Å²) in [5, 5.41) is 2.37. The number of carbonyl (C=O) groups excluding carboxylic acids is 1. The van der Waals surface area contributed by atoms with Gasteiger partial charge in [0.2, 0.25) is 0 Å². The van der Waals surface area contributed by atoms with Crippen molar-refractivity contribution in [2.45, 2.75) is 66.3 Å². The maximum absolute atomic E-state index is 14.2. The van der Waals surface area contributed by atoms with Gasteiger partial charge in [-0.1, -0.05) is 78.2 Å². The Morgan fingerprint density at radius 1 is 0.961 bits per heavy atom.